The molecule has 6 heteroatoms. The van der Waals surface area contributed by atoms with E-state index in [2.05, 4.69) is 15.3 Å². The van der Waals surface area contributed by atoms with Crippen LogP contribution >= 0.6 is 11.3 Å². The first kappa shape index (κ1) is 16.1. The van der Waals surface area contributed by atoms with Crippen molar-refractivity contribution in [2.75, 3.05) is 26.2 Å². The molecule has 1 amide bonds. The summed E-state index contributed by atoms with van der Waals surface area (Å²) in [4.78, 5) is 20.4. The summed E-state index contributed by atoms with van der Waals surface area (Å²) in [6.45, 7) is 5.90. The van der Waals surface area contributed by atoms with E-state index >= 15 is 0 Å². The predicted molar refractivity (Wildman–Crippen MR) is 89.7 cm³/mol. The van der Waals surface area contributed by atoms with Gasteiger partial charge in [0.1, 0.15) is 10.8 Å². The molecule has 4 nitrogen and oxygen atoms in total. The van der Waals surface area contributed by atoms with E-state index in [4.69, 9.17) is 0 Å². The van der Waals surface area contributed by atoms with Gasteiger partial charge in [0.15, 0.2) is 0 Å². The second kappa shape index (κ2) is 7.19. The number of thiazole rings is 1. The molecule has 1 aliphatic heterocycles. The van der Waals surface area contributed by atoms with E-state index in [1.165, 1.54) is 12.1 Å². The highest BCUT2D eigenvalue weighted by Crippen LogP contribution is 2.24. The van der Waals surface area contributed by atoms with Crippen molar-refractivity contribution in [3.63, 3.8) is 0 Å². The Morgan fingerprint density at radius 2 is 2.00 bits per heavy atom. The van der Waals surface area contributed by atoms with E-state index in [0.717, 1.165) is 55.4 Å². The van der Waals surface area contributed by atoms with Gasteiger partial charge >= 0.3 is 0 Å². The predicted octanol–water partition coefficient (Wildman–Crippen LogP) is 3.00. The summed E-state index contributed by atoms with van der Waals surface area (Å²) < 4.78 is 13.0. The minimum absolute atomic E-state index is 0.152. The van der Waals surface area contributed by atoms with Gasteiger partial charge in [-0.2, -0.15) is 0 Å². The quantitative estimate of drug-likeness (QED) is 0.866. The fourth-order valence-electron chi connectivity index (χ4n) is 2.78. The van der Waals surface area contributed by atoms with E-state index in [9.17, 15) is 9.18 Å². The Hall–Kier alpha value is -1.79. The second-order valence-corrected chi connectivity index (χ2v) is 6.64. The Morgan fingerprint density at radius 3 is 2.74 bits per heavy atom. The zero-order valence-corrected chi connectivity index (χ0v) is 14.0. The molecular formula is C17H20FN3OS. The van der Waals surface area contributed by atoms with Crippen LogP contribution in [0.4, 0.5) is 4.39 Å². The second-order valence-electron chi connectivity index (χ2n) is 5.79. The van der Waals surface area contributed by atoms with Crippen LogP contribution in [-0.2, 0) is 11.3 Å². The SMILES string of the molecule is CC(=O)N1CCCN(Cc2csc(-c3ccc(F)cc3)n2)CC1. The molecule has 0 bridgehead atoms. The van der Waals surface area contributed by atoms with Crippen LogP contribution in [0, 0.1) is 5.82 Å². The zero-order chi connectivity index (χ0) is 16.2. The van der Waals surface area contributed by atoms with Gasteiger partial charge in [-0.05, 0) is 30.7 Å². The van der Waals surface area contributed by atoms with Gasteiger partial charge in [0.2, 0.25) is 5.91 Å². The number of benzene rings is 1. The topological polar surface area (TPSA) is 36.4 Å². The standard InChI is InChI=1S/C17H20FN3OS/c1-13(22)21-8-2-7-20(9-10-21)11-16-12-23-17(19-16)14-3-5-15(18)6-4-14/h3-6,12H,2,7-11H2,1H3. The summed E-state index contributed by atoms with van der Waals surface area (Å²) >= 11 is 1.58. The molecule has 23 heavy (non-hydrogen) atoms. The van der Waals surface area contributed by atoms with Gasteiger partial charge < -0.3 is 4.90 Å². The lowest BCUT2D eigenvalue weighted by molar-refractivity contribution is -0.128. The van der Waals surface area contributed by atoms with Crippen LogP contribution in [0.15, 0.2) is 29.6 Å². The lowest BCUT2D eigenvalue weighted by atomic mass is 10.2. The van der Waals surface area contributed by atoms with Gasteiger partial charge in [-0.1, -0.05) is 0 Å². The third-order valence-corrected chi connectivity index (χ3v) is 5.00. The van der Waals surface area contributed by atoms with Crippen LogP contribution in [0.25, 0.3) is 10.6 Å². The molecule has 2 heterocycles. The molecule has 1 aliphatic rings. The van der Waals surface area contributed by atoms with Crippen molar-refractivity contribution >= 4 is 17.2 Å². The lowest BCUT2D eigenvalue weighted by Gasteiger charge is -2.20. The van der Waals surface area contributed by atoms with Crippen molar-refractivity contribution in [3.05, 3.63) is 41.2 Å². The Bertz CT molecular complexity index is 671. The summed E-state index contributed by atoms with van der Waals surface area (Å²) in [6.07, 6.45) is 0.995. The van der Waals surface area contributed by atoms with Crippen molar-refractivity contribution in [3.8, 4) is 10.6 Å². The van der Waals surface area contributed by atoms with Crippen LogP contribution < -0.4 is 0 Å². The molecule has 0 saturated carbocycles. The van der Waals surface area contributed by atoms with E-state index in [0.29, 0.717) is 0 Å². The zero-order valence-electron chi connectivity index (χ0n) is 13.2. The molecule has 1 aromatic carbocycles. The summed E-state index contributed by atoms with van der Waals surface area (Å²) in [5.74, 6) is -0.0794. The van der Waals surface area contributed by atoms with Gasteiger partial charge in [-0.25, -0.2) is 9.37 Å². The van der Waals surface area contributed by atoms with Gasteiger partial charge in [0.25, 0.3) is 0 Å². The maximum atomic E-state index is 13.0. The Balaban J connectivity index is 1.62. The third-order valence-electron chi connectivity index (χ3n) is 4.06. The summed E-state index contributed by atoms with van der Waals surface area (Å²) in [7, 11) is 0. The third kappa shape index (κ3) is 4.14. The Morgan fingerprint density at radius 1 is 1.22 bits per heavy atom. The summed E-state index contributed by atoms with van der Waals surface area (Å²) in [5, 5.41) is 2.98. The smallest absolute Gasteiger partial charge is 0.219 e. The number of carbonyl (C=O) groups excluding carboxylic acids is 1. The molecule has 1 aromatic heterocycles. The van der Waals surface area contributed by atoms with Crippen molar-refractivity contribution in [2.45, 2.75) is 19.9 Å². The summed E-state index contributed by atoms with van der Waals surface area (Å²) in [5.41, 5.74) is 1.98. The van der Waals surface area contributed by atoms with E-state index in [1.807, 2.05) is 4.90 Å². The fourth-order valence-corrected chi connectivity index (χ4v) is 3.59. The van der Waals surface area contributed by atoms with Crippen molar-refractivity contribution in [1.82, 2.24) is 14.8 Å². The molecule has 0 unspecified atom stereocenters. The molecule has 0 radical (unpaired) electrons. The fraction of sp³-hybridized carbons (Fsp3) is 0.412. The number of nitrogens with zero attached hydrogens (tertiary/aromatic N) is 3. The molecular weight excluding hydrogens is 313 g/mol. The maximum absolute atomic E-state index is 13.0. The van der Waals surface area contributed by atoms with Crippen LogP contribution in [-0.4, -0.2) is 46.9 Å². The largest absolute Gasteiger partial charge is 0.342 e. The van der Waals surface area contributed by atoms with Crippen LogP contribution in [0.2, 0.25) is 0 Å². The van der Waals surface area contributed by atoms with Gasteiger partial charge in [0, 0.05) is 50.6 Å². The summed E-state index contributed by atoms with van der Waals surface area (Å²) in [6, 6.07) is 6.44. The number of aromatic nitrogens is 1. The monoisotopic (exact) mass is 333 g/mol. The van der Waals surface area contributed by atoms with Crippen LogP contribution in [0.5, 0.6) is 0 Å². The highest BCUT2D eigenvalue weighted by atomic mass is 32.1. The van der Waals surface area contributed by atoms with E-state index in [1.54, 1.807) is 30.4 Å². The van der Waals surface area contributed by atoms with Crippen molar-refractivity contribution in [1.29, 1.82) is 0 Å². The number of amides is 1. The Kier molecular flexibility index (Phi) is 5.03. The number of rotatable bonds is 3. The first-order valence-corrected chi connectivity index (χ1v) is 8.68. The normalized spacial score (nSPS) is 16.3. The molecule has 0 spiro atoms. The number of hydrogen-bond acceptors (Lipinski definition) is 4. The Labute approximate surface area is 139 Å². The highest BCUT2D eigenvalue weighted by molar-refractivity contribution is 7.13. The molecule has 1 fully saturated rings. The van der Waals surface area contributed by atoms with Crippen LogP contribution in [0.3, 0.4) is 0 Å². The van der Waals surface area contributed by atoms with Crippen LogP contribution in [0.1, 0.15) is 19.0 Å². The average molecular weight is 333 g/mol. The minimum atomic E-state index is -0.231. The van der Waals surface area contributed by atoms with Gasteiger partial charge in [-0.15, -0.1) is 11.3 Å². The van der Waals surface area contributed by atoms with Crippen molar-refractivity contribution in [2.24, 2.45) is 0 Å². The molecule has 0 aliphatic carbocycles. The number of halogens is 1. The average Bonchev–Trinajstić information content (AvgIpc) is 2.86. The number of carbonyl (C=O) groups is 1. The molecule has 3 rings (SSSR count). The maximum Gasteiger partial charge on any atom is 0.219 e. The first-order valence-electron chi connectivity index (χ1n) is 7.80. The van der Waals surface area contributed by atoms with E-state index < -0.39 is 0 Å². The molecule has 122 valence electrons. The highest BCUT2D eigenvalue weighted by Gasteiger charge is 2.17. The van der Waals surface area contributed by atoms with E-state index in [-0.39, 0.29) is 11.7 Å². The molecule has 1 saturated heterocycles. The molecule has 2 aromatic rings. The van der Waals surface area contributed by atoms with Gasteiger partial charge in [0.05, 0.1) is 5.69 Å². The molecule has 0 N–H and O–H groups in total. The van der Waals surface area contributed by atoms with Gasteiger partial charge in [-0.3, -0.25) is 9.69 Å². The lowest BCUT2D eigenvalue weighted by Crippen LogP contribution is -2.33. The number of hydrogen-bond donors (Lipinski definition) is 0. The van der Waals surface area contributed by atoms with Crippen molar-refractivity contribution < 1.29 is 9.18 Å². The molecule has 0 atom stereocenters. The first-order chi connectivity index (χ1) is 11.1. The minimum Gasteiger partial charge on any atom is -0.342 e.